The molecule has 28 heavy (non-hydrogen) atoms. The van der Waals surface area contributed by atoms with Crippen LogP contribution in [0.25, 0.3) is 11.7 Å². The zero-order valence-corrected chi connectivity index (χ0v) is 16.8. The molecular formula is C21H21Cl2N4O+. The fraction of sp³-hybridized carbons (Fsp3) is 0.238. The largest absolute Gasteiger partial charge is 0.328 e. The number of carbonyl (C=O) groups excluding carboxylic acids is 1. The molecule has 1 amide bonds. The zero-order chi connectivity index (χ0) is 19.5. The molecule has 0 unspecified atom stereocenters. The lowest BCUT2D eigenvalue weighted by molar-refractivity contribution is -0.917. The van der Waals surface area contributed by atoms with Gasteiger partial charge in [-0.05, 0) is 30.3 Å². The van der Waals surface area contributed by atoms with Crippen LogP contribution in [0.5, 0.6) is 0 Å². The number of nitrogens with zero attached hydrogens (tertiary/aromatic N) is 3. The molecular weight excluding hydrogens is 395 g/mol. The van der Waals surface area contributed by atoms with E-state index in [4.69, 9.17) is 23.2 Å². The molecule has 4 rings (SSSR count). The van der Waals surface area contributed by atoms with Crippen LogP contribution in [0.2, 0.25) is 10.2 Å². The van der Waals surface area contributed by atoms with Gasteiger partial charge in [-0.2, -0.15) is 0 Å². The number of hydrogen-bond acceptors (Lipinski definition) is 2. The van der Waals surface area contributed by atoms with E-state index >= 15 is 0 Å². The molecule has 3 aromatic rings. The van der Waals surface area contributed by atoms with Crippen molar-refractivity contribution in [1.29, 1.82) is 0 Å². The minimum Gasteiger partial charge on any atom is -0.328 e. The smallest absolute Gasteiger partial charge is 0.247 e. The molecule has 0 spiro atoms. The van der Waals surface area contributed by atoms with Gasteiger partial charge in [0.2, 0.25) is 5.91 Å². The lowest BCUT2D eigenvalue weighted by atomic mass is 10.2. The number of amides is 1. The number of aromatic nitrogens is 2. The first-order valence-corrected chi connectivity index (χ1v) is 10.0. The van der Waals surface area contributed by atoms with E-state index in [2.05, 4.69) is 11.1 Å². The predicted octanol–water partition coefficient (Wildman–Crippen LogP) is 2.58. The average Bonchev–Trinajstić information content (AvgIpc) is 3.02. The van der Waals surface area contributed by atoms with Crippen molar-refractivity contribution in [3.05, 3.63) is 76.2 Å². The van der Waals surface area contributed by atoms with Gasteiger partial charge in [0.25, 0.3) is 0 Å². The Morgan fingerprint density at radius 3 is 2.75 bits per heavy atom. The SMILES string of the molecule is O=C(/C=C/c1c(Cl)nc2ccccn12)N1CC[NH+](Cc2cccc(Cl)c2)CC1. The van der Waals surface area contributed by atoms with E-state index in [9.17, 15) is 4.79 Å². The van der Waals surface area contributed by atoms with Gasteiger partial charge in [-0.3, -0.25) is 9.20 Å². The molecule has 2 aromatic heterocycles. The summed E-state index contributed by atoms with van der Waals surface area (Å²) in [5, 5.41) is 1.16. The summed E-state index contributed by atoms with van der Waals surface area (Å²) in [6.07, 6.45) is 5.22. The molecule has 0 bridgehead atoms. The molecule has 5 nitrogen and oxygen atoms in total. The van der Waals surface area contributed by atoms with Crippen molar-refractivity contribution in [2.24, 2.45) is 0 Å². The Morgan fingerprint density at radius 2 is 1.96 bits per heavy atom. The van der Waals surface area contributed by atoms with E-state index in [0.717, 1.165) is 49.1 Å². The molecule has 7 heteroatoms. The van der Waals surface area contributed by atoms with Crippen LogP contribution in [0.1, 0.15) is 11.3 Å². The summed E-state index contributed by atoms with van der Waals surface area (Å²) in [6, 6.07) is 13.7. The third-order valence-corrected chi connectivity index (χ3v) is 5.54. The molecule has 1 aliphatic rings. The van der Waals surface area contributed by atoms with E-state index in [-0.39, 0.29) is 5.91 Å². The second kappa shape index (κ2) is 8.35. The number of hydrogen-bond donors (Lipinski definition) is 1. The number of carbonyl (C=O) groups is 1. The van der Waals surface area contributed by atoms with Crippen molar-refractivity contribution in [2.45, 2.75) is 6.54 Å². The van der Waals surface area contributed by atoms with Crippen molar-refractivity contribution in [3.8, 4) is 0 Å². The van der Waals surface area contributed by atoms with E-state index in [1.54, 1.807) is 12.2 Å². The van der Waals surface area contributed by atoms with Gasteiger partial charge in [-0.1, -0.05) is 41.4 Å². The molecule has 0 radical (unpaired) electrons. The van der Waals surface area contributed by atoms with E-state index in [1.165, 1.54) is 10.5 Å². The van der Waals surface area contributed by atoms with Gasteiger partial charge < -0.3 is 9.80 Å². The summed E-state index contributed by atoms with van der Waals surface area (Å²) < 4.78 is 1.87. The molecule has 1 N–H and O–H groups in total. The van der Waals surface area contributed by atoms with Gasteiger partial charge in [0, 0.05) is 22.9 Å². The topological polar surface area (TPSA) is 42.1 Å². The van der Waals surface area contributed by atoms with Crippen LogP contribution >= 0.6 is 23.2 Å². The fourth-order valence-electron chi connectivity index (χ4n) is 3.55. The third-order valence-electron chi connectivity index (χ3n) is 5.03. The molecule has 0 aliphatic carbocycles. The van der Waals surface area contributed by atoms with Crippen LogP contribution in [-0.2, 0) is 11.3 Å². The lowest BCUT2D eigenvalue weighted by Gasteiger charge is -2.31. The molecule has 0 saturated carbocycles. The Balaban J connectivity index is 1.36. The van der Waals surface area contributed by atoms with Crippen LogP contribution in [0, 0.1) is 0 Å². The van der Waals surface area contributed by atoms with Crippen LogP contribution < -0.4 is 4.90 Å². The summed E-state index contributed by atoms with van der Waals surface area (Å²) in [6.45, 7) is 4.24. The summed E-state index contributed by atoms with van der Waals surface area (Å²) in [5.41, 5.74) is 2.71. The van der Waals surface area contributed by atoms with Crippen molar-refractivity contribution in [3.63, 3.8) is 0 Å². The van der Waals surface area contributed by atoms with Gasteiger partial charge in [0.05, 0.1) is 31.9 Å². The number of imidazole rings is 1. The molecule has 3 heterocycles. The summed E-state index contributed by atoms with van der Waals surface area (Å²) in [4.78, 5) is 20.2. The molecule has 1 fully saturated rings. The zero-order valence-electron chi connectivity index (χ0n) is 15.3. The Kier molecular flexibility index (Phi) is 5.67. The van der Waals surface area contributed by atoms with Crippen LogP contribution in [0.15, 0.2) is 54.7 Å². The van der Waals surface area contributed by atoms with Gasteiger partial charge in [0.1, 0.15) is 12.2 Å². The maximum Gasteiger partial charge on any atom is 0.247 e. The maximum atomic E-state index is 12.6. The Hall–Kier alpha value is -2.34. The Labute approximate surface area is 173 Å². The van der Waals surface area contributed by atoms with Crippen molar-refractivity contribution in [2.75, 3.05) is 26.2 Å². The normalized spacial score (nSPS) is 15.6. The molecule has 0 atom stereocenters. The minimum absolute atomic E-state index is 0.00348. The number of piperazine rings is 1. The maximum absolute atomic E-state index is 12.6. The minimum atomic E-state index is 0.00348. The summed E-state index contributed by atoms with van der Waals surface area (Å²) in [5.74, 6) is 0.00348. The van der Waals surface area contributed by atoms with Gasteiger partial charge >= 0.3 is 0 Å². The van der Waals surface area contributed by atoms with E-state index < -0.39 is 0 Å². The number of rotatable bonds is 4. The highest BCUT2D eigenvalue weighted by Gasteiger charge is 2.22. The summed E-state index contributed by atoms with van der Waals surface area (Å²) in [7, 11) is 0. The number of fused-ring (bicyclic) bond motifs is 1. The average molecular weight is 416 g/mol. The van der Waals surface area contributed by atoms with Crippen LogP contribution in [0.4, 0.5) is 0 Å². The Morgan fingerprint density at radius 1 is 1.14 bits per heavy atom. The van der Waals surface area contributed by atoms with Crippen LogP contribution in [-0.4, -0.2) is 46.4 Å². The number of quaternary nitrogens is 1. The van der Waals surface area contributed by atoms with Crippen molar-refractivity contribution in [1.82, 2.24) is 14.3 Å². The first-order valence-electron chi connectivity index (χ1n) is 9.28. The monoisotopic (exact) mass is 415 g/mol. The second-order valence-electron chi connectivity index (χ2n) is 6.93. The molecule has 144 valence electrons. The molecule has 1 aliphatic heterocycles. The highest BCUT2D eigenvalue weighted by atomic mass is 35.5. The lowest BCUT2D eigenvalue weighted by Crippen LogP contribution is -3.13. The number of benzene rings is 1. The highest BCUT2D eigenvalue weighted by Crippen LogP contribution is 2.19. The first kappa shape index (κ1) is 19.0. The number of pyridine rings is 1. The van der Waals surface area contributed by atoms with Gasteiger partial charge in [0.15, 0.2) is 5.15 Å². The first-order chi connectivity index (χ1) is 13.6. The summed E-state index contributed by atoms with van der Waals surface area (Å²) >= 11 is 12.3. The van der Waals surface area contributed by atoms with Gasteiger partial charge in [-0.15, -0.1) is 0 Å². The molecule has 1 aromatic carbocycles. The highest BCUT2D eigenvalue weighted by molar-refractivity contribution is 6.31. The predicted molar refractivity (Wildman–Crippen MR) is 112 cm³/mol. The number of nitrogens with one attached hydrogen (secondary N) is 1. The van der Waals surface area contributed by atoms with Crippen molar-refractivity contribution >= 4 is 40.8 Å². The van der Waals surface area contributed by atoms with Gasteiger partial charge in [-0.25, -0.2) is 4.98 Å². The second-order valence-corrected chi connectivity index (χ2v) is 7.73. The third kappa shape index (κ3) is 4.22. The number of halogens is 2. The van der Waals surface area contributed by atoms with E-state index in [1.807, 2.05) is 51.9 Å². The van der Waals surface area contributed by atoms with E-state index in [0.29, 0.717) is 5.15 Å². The Bertz CT molecular complexity index is 1020. The standard InChI is InChI=1S/C21H20Cl2N4O/c22-17-5-3-4-16(14-17)15-25-10-12-26(13-11-25)20(28)8-7-18-21(23)24-19-6-1-2-9-27(18)19/h1-9,14H,10-13,15H2/p+1/b8-7+. The quantitative estimate of drug-likeness (QED) is 0.665. The van der Waals surface area contributed by atoms with Crippen molar-refractivity contribution < 1.29 is 9.69 Å². The fourth-order valence-corrected chi connectivity index (χ4v) is 4.00. The molecule has 1 saturated heterocycles. The van der Waals surface area contributed by atoms with Crippen LogP contribution in [0.3, 0.4) is 0 Å².